The highest BCUT2D eigenvalue weighted by Crippen LogP contribution is 2.21. The zero-order valence-corrected chi connectivity index (χ0v) is 10.0. The van der Waals surface area contributed by atoms with Gasteiger partial charge in [0.25, 0.3) is 0 Å². The molecular weight excluding hydrogens is 294 g/mol. The van der Waals surface area contributed by atoms with E-state index in [2.05, 4.69) is 15.9 Å². The van der Waals surface area contributed by atoms with Crippen LogP contribution in [0.1, 0.15) is 0 Å². The van der Waals surface area contributed by atoms with E-state index in [1.54, 1.807) is 12.1 Å². The fraction of sp³-hybridized carbons (Fsp3) is 0.111. The van der Waals surface area contributed by atoms with E-state index >= 15 is 0 Å². The van der Waals surface area contributed by atoms with Gasteiger partial charge in [-0.3, -0.25) is 0 Å². The van der Waals surface area contributed by atoms with Crippen molar-refractivity contribution in [2.75, 3.05) is 6.61 Å². The Labute approximate surface area is 99.6 Å². The molecule has 0 saturated carbocycles. The lowest BCUT2D eigenvalue weighted by molar-refractivity contribution is 0.357. The van der Waals surface area contributed by atoms with Crippen molar-refractivity contribution in [3.05, 3.63) is 39.1 Å². The van der Waals surface area contributed by atoms with Crippen LogP contribution in [0.15, 0.2) is 33.2 Å². The van der Waals surface area contributed by atoms with Gasteiger partial charge < -0.3 is 4.74 Å². The summed E-state index contributed by atoms with van der Waals surface area (Å²) in [7, 11) is 0. The molecule has 0 radical (unpaired) electrons. The molecule has 1 aromatic carbocycles. The molecule has 0 saturated heterocycles. The topological polar surface area (TPSA) is 9.23 Å². The Morgan fingerprint density at radius 2 is 2.29 bits per heavy atom. The second-order valence-corrected chi connectivity index (χ2v) is 3.98. The van der Waals surface area contributed by atoms with Gasteiger partial charge >= 0.3 is 0 Å². The normalized spacial score (nSPS) is 11.6. The van der Waals surface area contributed by atoms with Gasteiger partial charge in [-0.15, -0.1) is 0 Å². The molecular formula is C9H6BrCl2FO. The van der Waals surface area contributed by atoms with Gasteiger partial charge in [0, 0.05) is 11.6 Å². The second-order valence-electron chi connectivity index (χ2n) is 2.42. The number of ether oxygens (including phenoxy) is 1. The van der Waals surface area contributed by atoms with E-state index in [9.17, 15) is 4.39 Å². The minimum atomic E-state index is -0.381. The lowest BCUT2D eigenvalue weighted by atomic mass is 10.3. The van der Waals surface area contributed by atoms with Gasteiger partial charge in [-0.05, 0) is 28.1 Å². The summed E-state index contributed by atoms with van der Waals surface area (Å²) in [5.41, 5.74) is 1.21. The SMILES string of the molecule is Fc1cc(OC/C(Cl)=C/Cl)ccc1Br. The van der Waals surface area contributed by atoms with Crippen LogP contribution in [0, 0.1) is 5.82 Å². The Morgan fingerprint density at radius 1 is 1.57 bits per heavy atom. The lowest BCUT2D eigenvalue weighted by Crippen LogP contribution is -1.97. The Kier molecular flexibility index (Phi) is 4.72. The van der Waals surface area contributed by atoms with Crippen LogP contribution in [0.2, 0.25) is 0 Å². The van der Waals surface area contributed by atoms with Crippen LogP contribution in [0.5, 0.6) is 5.75 Å². The number of hydrogen-bond acceptors (Lipinski definition) is 1. The third-order valence-electron chi connectivity index (χ3n) is 1.39. The summed E-state index contributed by atoms with van der Waals surface area (Å²) in [6.45, 7) is 0.131. The van der Waals surface area contributed by atoms with Gasteiger partial charge in [0.15, 0.2) is 0 Å². The molecule has 0 aliphatic heterocycles. The summed E-state index contributed by atoms with van der Waals surface area (Å²) in [5, 5.41) is 0.356. The van der Waals surface area contributed by atoms with Crippen LogP contribution in [0.3, 0.4) is 0 Å². The van der Waals surface area contributed by atoms with Crippen molar-refractivity contribution in [3.8, 4) is 5.75 Å². The van der Waals surface area contributed by atoms with Crippen molar-refractivity contribution < 1.29 is 9.13 Å². The van der Waals surface area contributed by atoms with Crippen LogP contribution in [0.4, 0.5) is 4.39 Å². The Bertz CT molecular complexity index is 355. The van der Waals surface area contributed by atoms with Crippen LogP contribution in [-0.4, -0.2) is 6.61 Å². The Hall–Kier alpha value is -0.250. The van der Waals surface area contributed by atoms with Gasteiger partial charge in [-0.25, -0.2) is 4.39 Å². The molecule has 0 bridgehead atoms. The molecule has 1 aromatic rings. The maximum atomic E-state index is 13.0. The van der Waals surface area contributed by atoms with Gasteiger partial charge in [0.05, 0.1) is 9.51 Å². The average molecular weight is 300 g/mol. The molecule has 5 heteroatoms. The van der Waals surface area contributed by atoms with Crippen LogP contribution < -0.4 is 4.74 Å². The summed E-state index contributed by atoms with van der Waals surface area (Å²) in [5.74, 6) is 0.0239. The molecule has 0 fully saturated rings. The second kappa shape index (κ2) is 5.59. The van der Waals surface area contributed by atoms with Gasteiger partial charge in [0.1, 0.15) is 18.2 Å². The summed E-state index contributed by atoms with van der Waals surface area (Å²) in [6.07, 6.45) is 0. The van der Waals surface area contributed by atoms with E-state index in [0.29, 0.717) is 15.3 Å². The van der Waals surface area contributed by atoms with Gasteiger partial charge in [-0.2, -0.15) is 0 Å². The van der Waals surface area contributed by atoms with E-state index in [0.717, 1.165) is 0 Å². The molecule has 1 nitrogen and oxygen atoms in total. The molecule has 0 N–H and O–H groups in total. The van der Waals surface area contributed by atoms with Crippen molar-refractivity contribution in [2.24, 2.45) is 0 Å². The minimum absolute atomic E-state index is 0.131. The molecule has 0 spiro atoms. The molecule has 14 heavy (non-hydrogen) atoms. The average Bonchev–Trinajstić information content (AvgIpc) is 2.19. The Morgan fingerprint density at radius 3 is 2.86 bits per heavy atom. The van der Waals surface area contributed by atoms with Crippen molar-refractivity contribution in [3.63, 3.8) is 0 Å². The lowest BCUT2D eigenvalue weighted by Gasteiger charge is -2.05. The number of benzene rings is 1. The maximum Gasteiger partial charge on any atom is 0.141 e. The highest BCUT2D eigenvalue weighted by Gasteiger charge is 2.01. The first kappa shape index (κ1) is 11.8. The smallest absolute Gasteiger partial charge is 0.141 e. The zero-order valence-electron chi connectivity index (χ0n) is 6.94. The van der Waals surface area contributed by atoms with Gasteiger partial charge in [-0.1, -0.05) is 23.2 Å². The predicted octanol–water partition coefficient (Wildman–Crippen LogP) is 4.29. The quantitative estimate of drug-likeness (QED) is 0.809. The maximum absolute atomic E-state index is 13.0. The van der Waals surface area contributed by atoms with Crippen molar-refractivity contribution in [1.29, 1.82) is 0 Å². The molecule has 0 aliphatic carbocycles. The summed E-state index contributed by atoms with van der Waals surface area (Å²) >= 11 is 13.9. The molecule has 0 aromatic heterocycles. The fourth-order valence-corrected chi connectivity index (χ4v) is 1.11. The van der Waals surface area contributed by atoms with Crippen LogP contribution >= 0.6 is 39.1 Å². The van der Waals surface area contributed by atoms with E-state index in [4.69, 9.17) is 27.9 Å². The van der Waals surface area contributed by atoms with Crippen molar-refractivity contribution in [2.45, 2.75) is 0 Å². The highest BCUT2D eigenvalue weighted by molar-refractivity contribution is 9.10. The third-order valence-corrected chi connectivity index (χ3v) is 2.62. The molecule has 0 aliphatic rings. The van der Waals surface area contributed by atoms with Crippen LogP contribution in [0.25, 0.3) is 0 Å². The van der Waals surface area contributed by atoms with Gasteiger partial charge in [0.2, 0.25) is 0 Å². The largest absolute Gasteiger partial charge is 0.488 e. The third kappa shape index (κ3) is 3.48. The van der Waals surface area contributed by atoms with E-state index in [1.165, 1.54) is 11.6 Å². The molecule has 1 rings (SSSR count). The molecule has 0 unspecified atom stereocenters. The van der Waals surface area contributed by atoms with Crippen molar-refractivity contribution in [1.82, 2.24) is 0 Å². The minimum Gasteiger partial charge on any atom is -0.488 e. The molecule has 0 atom stereocenters. The summed E-state index contributed by atoms with van der Waals surface area (Å²) in [6, 6.07) is 4.46. The van der Waals surface area contributed by atoms with E-state index in [-0.39, 0.29) is 12.4 Å². The number of rotatable bonds is 3. The standard InChI is InChI=1S/C9H6BrCl2FO/c10-8-2-1-7(3-9(8)13)14-5-6(12)4-11/h1-4H,5H2/b6-4-. The summed E-state index contributed by atoms with van der Waals surface area (Å²) < 4.78 is 18.5. The first-order valence-electron chi connectivity index (χ1n) is 3.66. The number of hydrogen-bond donors (Lipinski definition) is 0. The first-order chi connectivity index (χ1) is 6.63. The highest BCUT2D eigenvalue weighted by atomic mass is 79.9. The zero-order chi connectivity index (χ0) is 10.6. The van der Waals surface area contributed by atoms with Crippen molar-refractivity contribution >= 4 is 39.1 Å². The summed E-state index contributed by atoms with van der Waals surface area (Å²) in [4.78, 5) is 0. The molecule has 0 heterocycles. The molecule has 0 amide bonds. The predicted molar refractivity (Wildman–Crippen MR) is 59.4 cm³/mol. The monoisotopic (exact) mass is 298 g/mol. The van der Waals surface area contributed by atoms with E-state index in [1.807, 2.05) is 0 Å². The number of halogens is 4. The fourth-order valence-electron chi connectivity index (χ4n) is 0.750. The Balaban J connectivity index is 2.64. The molecule has 76 valence electrons. The van der Waals surface area contributed by atoms with E-state index < -0.39 is 0 Å². The first-order valence-corrected chi connectivity index (χ1v) is 5.27. The van der Waals surface area contributed by atoms with Crippen LogP contribution in [-0.2, 0) is 0 Å².